The molecule has 0 spiro atoms. The summed E-state index contributed by atoms with van der Waals surface area (Å²) in [6, 6.07) is 9.76. The Balaban J connectivity index is 2.00. The fourth-order valence-electron chi connectivity index (χ4n) is 2.63. The second-order valence-corrected chi connectivity index (χ2v) is 5.71. The van der Waals surface area contributed by atoms with Gasteiger partial charge in [0.1, 0.15) is 0 Å². The Morgan fingerprint density at radius 2 is 1.90 bits per heavy atom. The van der Waals surface area contributed by atoms with Gasteiger partial charge in [0, 0.05) is 30.9 Å². The minimum absolute atomic E-state index is 0.507. The Morgan fingerprint density at radius 1 is 1.24 bits per heavy atom. The molecule has 0 aliphatic carbocycles. The van der Waals surface area contributed by atoms with Crippen molar-refractivity contribution < 1.29 is 5.11 Å². The number of nitrogens with zero attached hydrogens (tertiary/aromatic N) is 2. The maximum Gasteiger partial charge on any atom is 0.0992 e. The summed E-state index contributed by atoms with van der Waals surface area (Å²) in [5.41, 5.74) is 3.53. The van der Waals surface area contributed by atoms with Gasteiger partial charge in [-0.25, -0.2) is 0 Å². The summed E-state index contributed by atoms with van der Waals surface area (Å²) in [4.78, 5) is 0. The van der Waals surface area contributed by atoms with Gasteiger partial charge in [-0.2, -0.15) is 5.10 Å². The van der Waals surface area contributed by atoms with Crippen molar-refractivity contribution in [2.75, 3.05) is 6.54 Å². The lowest BCUT2D eigenvalue weighted by atomic mass is 9.96. The van der Waals surface area contributed by atoms with E-state index in [2.05, 4.69) is 24.3 Å². The lowest BCUT2D eigenvalue weighted by Gasteiger charge is -2.24. The standard InChI is InChI=1S/C17H25N3O/c1-5-20-14(3)16(13(2)19-20)11-18-12-17(4,21)15-9-7-6-8-10-15/h6-10,18,21H,5,11-12H2,1-4H3. The van der Waals surface area contributed by atoms with Crippen LogP contribution >= 0.6 is 0 Å². The average Bonchev–Trinajstić information content (AvgIpc) is 2.75. The molecule has 0 radical (unpaired) electrons. The third kappa shape index (κ3) is 3.52. The molecule has 21 heavy (non-hydrogen) atoms. The smallest absolute Gasteiger partial charge is 0.0992 e. The molecule has 1 unspecified atom stereocenters. The summed E-state index contributed by atoms with van der Waals surface area (Å²) in [6.07, 6.45) is 0. The number of benzene rings is 1. The first-order chi connectivity index (χ1) is 9.95. The number of hydrogen-bond donors (Lipinski definition) is 2. The van der Waals surface area contributed by atoms with Crippen molar-refractivity contribution >= 4 is 0 Å². The molecule has 0 amide bonds. The van der Waals surface area contributed by atoms with E-state index in [0.29, 0.717) is 6.54 Å². The first-order valence-electron chi connectivity index (χ1n) is 7.47. The molecule has 4 nitrogen and oxygen atoms in total. The Bertz CT molecular complexity index is 588. The van der Waals surface area contributed by atoms with Crippen LogP contribution in [-0.4, -0.2) is 21.4 Å². The third-order valence-electron chi connectivity index (χ3n) is 4.00. The normalized spacial score (nSPS) is 14.1. The molecule has 0 fully saturated rings. The maximum absolute atomic E-state index is 10.6. The van der Waals surface area contributed by atoms with Gasteiger partial charge in [-0.1, -0.05) is 30.3 Å². The van der Waals surface area contributed by atoms with Crippen LogP contribution in [0.25, 0.3) is 0 Å². The highest BCUT2D eigenvalue weighted by Crippen LogP contribution is 2.19. The fraction of sp³-hybridized carbons (Fsp3) is 0.471. The predicted octanol–water partition coefficient (Wildman–Crippen LogP) is 2.52. The van der Waals surface area contributed by atoms with Crippen molar-refractivity contribution in [1.82, 2.24) is 15.1 Å². The second kappa shape index (κ2) is 6.41. The lowest BCUT2D eigenvalue weighted by molar-refractivity contribution is 0.0566. The molecule has 2 N–H and O–H groups in total. The molecule has 0 aliphatic rings. The Labute approximate surface area is 126 Å². The summed E-state index contributed by atoms with van der Waals surface area (Å²) >= 11 is 0. The number of rotatable bonds is 6. The fourth-order valence-corrected chi connectivity index (χ4v) is 2.63. The first-order valence-corrected chi connectivity index (χ1v) is 7.47. The Hall–Kier alpha value is -1.65. The minimum atomic E-state index is -0.871. The second-order valence-electron chi connectivity index (χ2n) is 5.71. The first kappa shape index (κ1) is 15.7. The topological polar surface area (TPSA) is 50.1 Å². The van der Waals surface area contributed by atoms with Gasteiger partial charge in [0.25, 0.3) is 0 Å². The van der Waals surface area contributed by atoms with Gasteiger partial charge in [0.05, 0.1) is 11.3 Å². The molecule has 1 aromatic carbocycles. The largest absolute Gasteiger partial charge is 0.384 e. The van der Waals surface area contributed by atoms with Gasteiger partial charge in [-0.3, -0.25) is 4.68 Å². The number of aromatic nitrogens is 2. The molecule has 4 heteroatoms. The van der Waals surface area contributed by atoms with E-state index < -0.39 is 5.60 Å². The molecule has 114 valence electrons. The summed E-state index contributed by atoms with van der Waals surface area (Å²) in [6.45, 7) is 10.2. The number of hydrogen-bond acceptors (Lipinski definition) is 3. The Kier molecular flexibility index (Phi) is 4.80. The van der Waals surface area contributed by atoms with Crippen LogP contribution < -0.4 is 5.32 Å². The van der Waals surface area contributed by atoms with Crippen LogP contribution in [0, 0.1) is 13.8 Å². The van der Waals surface area contributed by atoms with E-state index in [4.69, 9.17) is 0 Å². The van der Waals surface area contributed by atoms with E-state index in [1.54, 1.807) is 0 Å². The van der Waals surface area contributed by atoms with Crippen molar-refractivity contribution in [1.29, 1.82) is 0 Å². The molecular weight excluding hydrogens is 262 g/mol. The van der Waals surface area contributed by atoms with Crippen LogP contribution in [-0.2, 0) is 18.7 Å². The molecule has 0 saturated heterocycles. The number of nitrogens with one attached hydrogen (secondary N) is 1. The van der Waals surface area contributed by atoms with Crippen LogP contribution in [0.3, 0.4) is 0 Å². The zero-order chi connectivity index (χ0) is 15.5. The third-order valence-corrected chi connectivity index (χ3v) is 4.00. The van der Waals surface area contributed by atoms with Gasteiger partial charge in [0.15, 0.2) is 0 Å². The molecule has 0 saturated carbocycles. The van der Waals surface area contributed by atoms with E-state index in [1.807, 2.05) is 48.9 Å². The lowest BCUT2D eigenvalue weighted by Crippen LogP contribution is -2.35. The zero-order valence-corrected chi connectivity index (χ0v) is 13.3. The average molecular weight is 287 g/mol. The predicted molar refractivity (Wildman–Crippen MR) is 85.1 cm³/mol. The molecule has 1 heterocycles. The summed E-state index contributed by atoms with van der Waals surface area (Å²) in [5.74, 6) is 0. The van der Waals surface area contributed by atoms with Crippen LogP contribution in [0.1, 0.15) is 36.4 Å². The van der Waals surface area contributed by atoms with Crippen molar-refractivity contribution in [2.45, 2.75) is 46.4 Å². The van der Waals surface area contributed by atoms with Crippen LogP contribution in [0.15, 0.2) is 30.3 Å². The summed E-state index contributed by atoms with van der Waals surface area (Å²) in [5, 5.41) is 18.4. The zero-order valence-electron chi connectivity index (χ0n) is 13.3. The van der Waals surface area contributed by atoms with Crippen molar-refractivity contribution in [3.8, 4) is 0 Å². The minimum Gasteiger partial charge on any atom is -0.384 e. The van der Waals surface area contributed by atoms with Crippen LogP contribution in [0.5, 0.6) is 0 Å². The molecule has 1 atom stereocenters. The molecule has 2 aromatic rings. The van der Waals surface area contributed by atoms with E-state index >= 15 is 0 Å². The highest BCUT2D eigenvalue weighted by molar-refractivity contribution is 5.25. The van der Waals surface area contributed by atoms with Gasteiger partial charge in [0.2, 0.25) is 0 Å². The monoisotopic (exact) mass is 287 g/mol. The molecule has 1 aromatic heterocycles. The molecule has 0 bridgehead atoms. The van der Waals surface area contributed by atoms with Crippen molar-refractivity contribution in [3.05, 3.63) is 52.8 Å². The Morgan fingerprint density at radius 3 is 2.48 bits per heavy atom. The number of aryl methyl sites for hydroxylation is 2. The van der Waals surface area contributed by atoms with Gasteiger partial charge < -0.3 is 10.4 Å². The quantitative estimate of drug-likeness (QED) is 0.858. The highest BCUT2D eigenvalue weighted by atomic mass is 16.3. The van der Waals surface area contributed by atoms with Crippen LogP contribution in [0.4, 0.5) is 0 Å². The van der Waals surface area contributed by atoms with E-state index in [0.717, 1.165) is 24.3 Å². The van der Waals surface area contributed by atoms with Gasteiger partial charge in [-0.15, -0.1) is 0 Å². The molecule has 2 rings (SSSR count). The van der Waals surface area contributed by atoms with Gasteiger partial charge >= 0.3 is 0 Å². The SMILES string of the molecule is CCn1nc(C)c(CNCC(C)(O)c2ccccc2)c1C. The van der Waals surface area contributed by atoms with Crippen molar-refractivity contribution in [2.24, 2.45) is 0 Å². The van der Waals surface area contributed by atoms with E-state index in [9.17, 15) is 5.11 Å². The van der Waals surface area contributed by atoms with E-state index in [1.165, 1.54) is 11.3 Å². The summed E-state index contributed by atoms with van der Waals surface area (Å²) < 4.78 is 2.02. The van der Waals surface area contributed by atoms with E-state index in [-0.39, 0.29) is 0 Å². The molecule has 0 aliphatic heterocycles. The summed E-state index contributed by atoms with van der Waals surface area (Å²) in [7, 11) is 0. The van der Waals surface area contributed by atoms with Crippen LogP contribution in [0.2, 0.25) is 0 Å². The molecular formula is C17H25N3O. The number of aliphatic hydroxyl groups is 1. The van der Waals surface area contributed by atoms with Gasteiger partial charge in [-0.05, 0) is 33.3 Å². The maximum atomic E-state index is 10.6. The van der Waals surface area contributed by atoms with Crippen molar-refractivity contribution in [3.63, 3.8) is 0 Å². The highest BCUT2D eigenvalue weighted by Gasteiger charge is 2.22.